The van der Waals surface area contributed by atoms with E-state index >= 15 is 0 Å². The Morgan fingerprint density at radius 1 is 0.727 bits per heavy atom. The molecular formula is C20H16FN. The second-order valence-electron chi connectivity index (χ2n) is 5.58. The first-order valence-corrected chi connectivity index (χ1v) is 7.49. The molecule has 0 radical (unpaired) electrons. The molecule has 0 aliphatic heterocycles. The fraction of sp³-hybridized carbons (Fsp3) is 0.100. The summed E-state index contributed by atoms with van der Waals surface area (Å²) in [6.45, 7) is 0.514. The lowest BCUT2D eigenvalue weighted by Crippen LogP contribution is -2.20. The molecular weight excluding hydrogens is 273 g/mol. The topological polar surface area (TPSA) is 12.0 Å². The standard InChI is InChI=1S/C20H16FN/c21-19-12-6-1-7-14(19)13-22-20-17-10-4-2-8-15(17)16-9-3-5-11-18(16)20/h1-12,20,22H,13H2. The molecule has 0 bridgehead atoms. The summed E-state index contributed by atoms with van der Waals surface area (Å²) in [4.78, 5) is 0. The number of nitrogens with one attached hydrogen (secondary N) is 1. The summed E-state index contributed by atoms with van der Waals surface area (Å²) in [5.41, 5.74) is 5.76. The zero-order chi connectivity index (χ0) is 14.9. The number of rotatable bonds is 3. The van der Waals surface area contributed by atoms with Gasteiger partial charge in [-0.25, -0.2) is 4.39 Å². The summed E-state index contributed by atoms with van der Waals surface area (Å²) in [7, 11) is 0. The molecule has 0 heterocycles. The molecule has 0 atom stereocenters. The first kappa shape index (κ1) is 13.2. The van der Waals surface area contributed by atoms with Crippen LogP contribution in [0.15, 0.2) is 72.8 Å². The lowest BCUT2D eigenvalue weighted by Gasteiger charge is -2.16. The molecule has 2 heteroatoms. The third kappa shape index (κ3) is 2.13. The van der Waals surface area contributed by atoms with Gasteiger partial charge >= 0.3 is 0 Å². The Balaban J connectivity index is 1.69. The number of fused-ring (bicyclic) bond motifs is 3. The van der Waals surface area contributed by atoms with Crippen LogP contribution in [-0.4, -0.2) is 0 Å². The molecule has 4 rings (SSSR count). The van der Waals surface area contributed by atoms with Gasteiger partial charge in [0.15, 0.2) is 0 Å². The highest BCUT2D eigenvalue weighted by Crippen LogP contribution is 2.43. The quantitative estimate of drug-likeness (QED) is 0.738. The van der Waals surface area contributed by atoms with Gasteiger partial charge in [0.1, 0.15) is 5.82 Å². The maximum atomic E-state index is 13.8. The maximum absolute atomic E-state index is 13.8. The van der Waals surface area contributed by atoms with E-state index in [0.29, 0.717) is 12.1 Å². The number of hydrogen-bond acceptors (Lipinski definition) is 1. The first-order valence-electron chi connectivity index (χ1n) is 7.49. The van der Waals surface area contributed by atoms with Crippen LogP contribution in [0, 0.1) is 5.82 Å². The van der Waals surface area contributed by atoms with Gasteiger partial charge in [-0.15, -0.1) is 0 Å². The summed E-state index contributed by atoms with van der Waals surface area (Å²) < 4.78 is 13.8. The van der Waals surface area contributed by atoms with Crippen LogP contribution < -0.4 is 5.32 Å². The number of halogens is 1. The van der Waals surface area contributed by atoms with Crippen molar-refractivity contribution in [2.45, 2.75) is 12.6 Å². The van der Waals surface area contributed by atoms with E-state index in [9.17, 15) is 4.39 Å². The molecule has 0 spiro atoms. The molecule has 1 N–H and O–H groups in total. The summed E-state index contributed by atoms with van der Waals surface area (Å²) in [5.74, 6) is -0.158. The first-order chi connectivity index (χ1) is 10.8. The van der Waals surface area contributed by atoms with Crippen molar-refractivity contribution in [2.75, 3.05) is 0 Å². The van der Waals surface area contributed by atoms with Crippen molar-refractivity contribution in [3.8, 4) is 11.1 Å². The fourth-order valence-corrected chi connectivity index (χ4v) is 3.23. The Bertz CT molecular complexity index is 780. The lowest BCUT2D eigenvalue weighted by molar-refractivity contribution is 0.566. The van der Waals surface area contributed by atoms with E-state index in [1.807, 2.05) is 12.1 Å². The Labute approximate surface area is 129 Å². The molecule has 1 aliphatic rings. The largest absolute Gasteiger partial charge is 0.302 e. The molecule has 0 aromatic heterocycles. The minimum atomic E-state index is -0.158. The normalized spacial score (nSPS) is 13.0. The van der Waals surface area contributed by atoms with Crippen molar-refractivity contribution in [1.29, 1.82) is 0 Å². The van der Waals surface area contributed by atoms with Crippen LogP contribution in [0.2, 0.25) is 0 Å². The summed E-state index contributed by atoms with van der Waals surface area (Å²) in [5, 5.41) is 3.51. The van der Waals surface area contributed by atoms with Crippen LogP contribution in [-0.2, 0) is 6.54 Å². The van der Waals surface area contributed by atoms with Crippen LogP contribution >= 0.6 is 0 Å². The Hall–Kier alpha value is -2.45. The average Bonchev–Trinajstić information content (AvgIpc) is 2.89. The third-order valence-corrected chi connectivity index (χ3v) is 4.29. The van der Waals surface area contributed by atoms with Crippen LogP contribution in [0.1, 0.15) is 22.7 Å². The monoisotopic (exact) mass is 289 g/mol. The van der Waals surface area contributed by atoms with Crippen LogP contribution in [0.5, 0.6) is 0 Å². The van der Waals surface area contributed by atoms with Crippen molar-refractivity contribution >= 4 is 0 Å². The Morgan fingerprint density at radius 3 is 1.91 bits per heavy atom. The molecule has 1 nitrogen and oxygen atoms in total. The van der Waals surface area contributed by atoms with E-state index in [4.69, 9.17) is 0 Å². The molecule has 0 amide bonds. The summed E-state index contributed by atoms with van der Waals surface area (Å²) >= 11 is 0. The highest BCUT2D eigenvalue weighted by atomic mass is 19.1. The van der Waals surface area contributed by atoms with Crippen LogP contribution in [0.25, 0.3) is 11.1 Å². The van der Waals surface area contributed by atoms with Crippen molar-refractivity contribution in [1.82, 2.24) is 5.32 Å². The predicted octanol–water partition coefficient (Wildman–Crippen LogP) is 4.69. The lowest BCUT2D eigenvalue weighted by atomic mass is 10.0. The van der Waals surface area contributed by atoms with E-state index in [2.05, 4.69) is 53.8 Å². The van der Waals surface area contributed by atoms with Crippen molar-refractivity contribution in [3.05, 3.63) is 95.3 Å². The van der Waals surface area contributed by atoms with E-state index in [1.54, 1.807) is 6.07 Å². The SMILES string of the molecule is Fc1ccccc1CNC1c2ccccc2-c2ccccc21. The molecule has 108 valence electrons. The van der Waals surface area contributed by atoms with Gasteiger partial charge in [-0.1, -0.05) is 66.7 Å². The zero-order valence-corrected chi connectivity index (χ0v) is 12.1. The Morgan fingerprint density at radius 2 is 1.27 bits per heavy atom. The smallest absolute Gasteiger partial charge is 0.127 e. The molecule has 1 aliphatic carbocycles. The molecule has 0 fully saturated rings. The molecule has 22 heavy (non-hydrogen) atoms. The van der Waals surface area contributed by atoms with Gasteiger partial charge in [-0.2, -0.15) is 0 Å². The van der Waals surface area contributed by atoms with Gasteiger partial charge in [-0.05, 0) is 28.3 Å². The van der Waals surface area contributed by atoms with Gasteiger partial charge < -0.3 is 5.32 Å². The molecule has 0 unspecified atom stereocenters. The Kier molecular flexibility index (Phi) is 3.24. The highest BCUT2D eigenvalue weighted by Gasteiger charge is 2.27. The molecule has 0 saturated carbocycles. The maximum Gasteiger partial charge on any atom is 0.127 e. The van der Waals surface area contributed by atoms with Gasteiger partial charge in [0.25, 0.3) is 0 Å². The van der Waals surface area contributed by atoms with E-state index in [-0.39, 0.29) is 11.9 Å². The van der Waals surface area contributed by atoms with Gasteiger partial charge in [0.05, 0.1) is 6.04 Å². The van der Waals surface area contributed by atoms with E-state index in [0.717, 1.165) is 0 Å². The van der Waals surface area contributed by atoms with Crippen molar-refractivity contribution in [2.24, 2.45) is 0 Å². The minimum Gasteiger partial charge on any atom is -0.302 e. The molecule has 3 aromatic carbocycles. The number of benzene rings is 3. The average molecular weight is 289 g/mol. The molecule has 3 aromatic rings. The fourth-order valence-electron chi connectivity index (χ4n) is 3.23. The van der Waals surface area contributed by atoms with E-state index < -0.39 is 0 Å². The van der Waals surface area contributed by atoms with Crippen LogP contribution in [0.3, 0.4) is 0 Å². The number of hydrogen-bond donors (Lipinski definition) is 1. The third-order valence-electron chi connectivity index (χ3n) is 4.29. The van der Waals surface area contributed by atoms with Gasteiger partial charge in [-0.3, -0.25) is 0 Å². The highest BCUT2D eigenvalue weighted by molar-refractivity contribution is 5.78. The summed E-state index contributed by atoms with van der Waals surface area (Å²) in [6.07, 6.45) is 0. The minimum absolute atomic E-state index is 0.118. The summed E-state index contributed by atoms with van der Waals surface area (Å²) in [6, 6.07) is 23.9. The second-order valence-corrected chi connectivity index (χ2v) is 5.58. The van der Waals surface area contributed by atoms with E-state index in [1.165, 1.54) is 28.3 Å². The van der Waals surface area contributed by atoms with Gasteiger partial charge in [0.2, 0.25) is 0 Å². The molecule has 0 saturated heterocycles. The van der Waals surface area contributed by atoms with Crippen molar-refractivity contribution < 1.29 is 4.39 Å². The van der Waals surface area contributed by atoms with Gasteiger partial charge in [0, 0.05) is 12.1 Å². The van der Waals surface area contributed by atoms with Crippen LogP contribution in [0.4, 0.5) is 4.39 Å². The van der Waals surface area contributed by atoms with Crippen molar-refractivity contribution in [3.63, 3.8) is 0 Å². The predicted molar refractivity (Wildman–Crippen MR) is 87.0 cm³/mol. The zero-order valence-electron chi connectivity index (χ0n) is 12.1. The second kappa shape index (κ2) is 5.39.